The maximum Gasteiger partial charge on any atom is 0.168 e. The summed E-state index contributed by atoms with van der Waals surface area (Å²) in [5.41, 5.74) is 1.42. The minimum absolute atomic E-state index is 0.491. The van der Waals surface area contributed by atoms with Crippen LogP contribution in [0.1, 0.15) is 23.1 Å². The molecule has 0 spiro atoms. The molecule has 0 unspecified atom stereocenters. The number of carbonyl (C=O) groups excluding carboxylic acids is 1. The summed E-state index contributed by atoms with van der Waals surface area (Å²) in [6.07, 6.45) is 1.59. The molecule has 0 radical (unpaired) electrons. The molecule has 1 aromatic heterocycles. The number of hydrogen-bond acceptors (Lipinski definition) is 2. The van der Waals surface area contributed by atoms with Crippen LogP contribution in [0.25, 0.3) is 0 Å². The van der Waals surface area contributed by atoms with E-state index in [1.807, 2.05) is 13.0 Å². The van der Waals surface area contributed by atoms with E-state index in [9.17, 15) is 4.79 Å². The SMILES string of the molecule is CCc1nc(C=O)ccc1Br. The number of pyridine rings is 1. The first-order chi connectivity index (χ1) is 5.27. The van der Waals surface area contributed by atoms with E-state index in [-0.39, 0.29) is 0 Å². The number of aromatic nitrogens is 1. The summed E-state index contributed by atoms with van der Waals surface area (Å²) < 4.78 is 0.964. The van der Waals surface area contributed by atoms with E-state index in [0.717, 1.165) is 22.9 Å². The van der Waals surface area contributed by atoms with Crippen molar-refractivity contribution < 1.29 is 4.79 Å². The Morgan fingerprint density at radius 3 is 2.91 bits per heavy atom. The highest BCUT2D eigenvalue weighted by atomic mass is 79.9. The predicted octanol–water partition coefficient (Wildman–Crippen LogP) is 2.22. The Bertz CT molecular complexity index is 273. The molecule has 58 valence electrons. The minimum atomic E-state index is 0.491. The summed E-state index contributed by atoms with van der Waals surface area (Å²) >= 11 is 3.34. The van der Waals surface area contributed by atoms with Gasteiger partial charge in [-0.15, -0.1) is 0 Å². The van der Waals surface area contributed by atoms with Gasteiger partial charge in [-0.1, -0.05) is 6.92 Å². The molecule has 2 nitrogen and oxygen atoms in total. The number of aldehydes is 1. The van der Waals surface area contributed by atoms with Crippen LogP contribution in [0.4, 0.5) is 0 Å². The second kappa shape index (κ2) is 3.62. The zero-order valence-electron chi connectivity index (χ0n) is 6.17. The van der Waals surface area contributed by atoms with E-state index >= 15 is 0 Å². The van der Waals surface area contributed by atoms with Crippen LogP contribution < -0.4 is 0 Å². The summed E-state index contributed by atoms with van der Waals surface area (Å²) in [6, 6.07) is 3.53. The van der Waals surface area contributed by atoms with Gasteiger partial charge >= 0.3 is 0 Å². The first-order valence-corrected chi connectivity index (χ1v) is 4.17. The van der Waals surface area contributed by atoms with Crippen molar-refractivity contribution in [3.63, 3.8) is 0 Å². The van der Waals surface area contributed by atoms with Crippen LogP contribution in [0.2, 0.25) is 0 Å². The molecule has 0 aromatic carbocycles. The van der Waals surface area contributed by atoms with Crippen LogP contribution in [0.5, 0.6) is 0 Å². The minimum Gasteiger partial charge on any atom is -0.296 e. The van der Waals surface area contributed by atoms with E-state index < -0.39 is 0 Å². The fourth-order valence-corrected chi connectivity index (χ4v) is 1.32. The third-order valence-electron chi connectivity index (χ3n) is 1.40. The van der Waals surface area contributed by atoms with Gasteiger partial charge in [0.05, 0.1) is 5.69 Å². The van der Waals surface area contributed by atoms with Crippen LogP contribution in [0.3, 0.4) is 0 Å². The van der Waals surface area contributed by atoms with Crippen LogP contribution >= 0.6 is 15.9 Å². The summed E-state index contributed by atoms with van der Waals surface area (Å²) in [5, 5.41) is 0. The number of nitrogens with zero attached hydrogens (tertiary/aromatic N) is 1. The molecule has 0 bridgehead atoms. The molecule has 1 rings (SSSR count). The summed E-state index contributed by atoms with van der Waals surface area (Å²) in [7, 11) is 0. The lowest BCUT2D eigenvalue weighted by molar-refractivity contribution is 0.111. The Balaban J connectivity index is 3.12. The van der Waals surface area contributed by atoms with Crippen molar-refractivity contribution >= 4 is 22.2 Å². The maximum absolute atomic E-state index is 10.3. The average molecular weight is 214 g/mol. The second-order valence-electron chi connectivity index (χ2n) is 2.14. The van der Waals surface area contributed by atoms with E-state index in [4.69, 9.17) is 0 Å². The van der Waals surface area contributed by atoms with Crippen LogP contribution in [0, 0.1) is 0 Å². The van der Waals surface area contributed by atoms with E-state index in [0.29, 0.717) is 5.69 Å². The summed E-state index contributed by atoms with van der Waals surface area (Å²) in [6.45, 7) is 2.00. The van der Waals surface area contributed by atoms with Crippen LogP contribution in [-0.4, -0.2) is 11.3 Å². The van der Waals surface area contributed by atoms with Crippen molar-refractivity contribution in [3.05, 3.63) is 28.0 Å². The van der Waals surface area contributed by atoms with Crippen molar-refractivity contribution in [2.75, 3.05) is 0 Å². The zero-order chi connectivity index (χ0) is 8.27. The number of rotatable bonds is 2. The summed E-state index contributed by atoms with van der Waals surface area (Å²) in [5.74, 6) is 0. The van der Waals surface area contributed by atoms with Gasteiger partial charge in [-0.05, 0) is 34.5 Å². The molecule has 0 aliphatic carbocycles. The molecular weight excluding hydrogens is 206 g/mol. The predicted molar refractivity (Wildman–Crippen MR) is 46.7 cm³/mol. The normalized spacial score (nSPS) is 9.64. The standard InChI is InChI=1S/C8H8BrNO/c1-2-8-7(9)4-3-6(5-11)10-8/h3-5H,2H2,1H3. The highest BCUT2D eigenvalue weighted by Gasteiger charge is 1.99. The molecule has 0 saturated carbocycles. The fraction of sp³-hybridized carbons (Fsp3) is 0.250. The smallest absolute Gasteiger partial charge is 0.168 e. The lowest BCUT2D eigenvalue weighted by Gasteiger charge is -1.99. The first kappa shape index (κ1) is 8.40. The Labute approximate surface area is 73.8 Å². The lowest BCUT2D eigenvalue weighted by atomic mass is 10.2. The van der Waals surface area contributed by atoms with Gasteiger partial charge < -0.3 is 0 Å². The van der Waals surface area contributed by atoms with Gasteiger partial charge in [-0.2, -0.15) is 0 Å². The molecule has 0 N–H and O–H groups in total. The van der Waals surface area contributed by atoms with Crippen molar-refractivity contribution in [1.82, 2.24) is 4.98 Å². The molecule has 1 heterocycles. The quantitative estimate of drug-likeness (QED) is 0.706. The monoisotopic (exact) mass is 213 g/mol. The topological polar surface area (TPSA) is 30.0 Å². The third-order valence-corrected chi connectivity index (χ3v) is 2.12. The zero-order valence-corrected chi connectivity index (χ0v) is 7.76. The Hall–Kier alpha value is -0.700. The molecule has 0 aliphatic rings. The van der Waals surface area contributed by atoms with Gasteiger partial charge in [-0.3, -0.25) is 4.79 Å². The average Bonchev–Trinajstić information content (AvgIpc) is 2.05. The van der Waals surface area contributed by atoms with Crippen LogP contribution in [0.15, 0.2) is 16.6 Å². The van der Waals surface area contributed by atoms with Gasteiger partial charge in [0.25, 0.3) is 0 Å². The van der Waals surface area contributed by atoms with Crippen molar-refractivity contribution in [2.24, 2.45) is 0 Å². The number of aryl methyl sites for hydroxylation is 1. The molecule has 11 heavy (non-hydrogen) atoms. The maximum atomic E-state index is 10.3. The van der Waals surface area contributed by atoms with Crippen LogP contribution in [-0.2, 0) is 6.42 Å². The molecule has 0 fully saturated rings. The molecule has 0 aliphatic heterocycles. The highest BCUT2D eigenvalue weighted by Crippen LogP contribution is 2.14. The largest absolute Gasteiger partial charge is 0.296 e. The van der Waals surface area contributed by atoms with E-state index in [1.54, 1.807) is 6.07 Å². The van der Waals surface area contributed by atoms with Gasteiger partial charge in [-0.25, -0.2) is 4.98 Å². The van der Waals surface area contributed by atoms with Crippen molar-refractivity contribution in [3.8, 4) is 0 Å². The molecular formula is C8H8BrNO. The van der Waals surface area contributed by atoms with E-state index in [1.165, 1.54) is 0 Å². The molecule has 0 saturated heterocycles. The first-order valence-electron chi connectivity index (χ1n) is 3.38. The van der Waals surface area contributed by atoms with Gasteiger partial charge in [0.2, 0.25) is 0 Å². The Morgan fingerprint density at radius 1 is 1.64 bits per heavy atom. The Kier molecular flexibility index (Phi) is 2.76. The number of hydrogen-bond donors (Lipinski definition) is 0. The lowest BCUT2D eigenvalue weighted by Crippen LogP contribution is -1.93. The van der Waals surface area contributed by atoms with Gasteiger partial charge in [0.15, 0.2) is 6.29 Å². The second-order valence-corrected chi connectivity index (χ2v) is 2.99. The van der Waals surface area contributed by atoms with Crippen molar-refractivity contribution in [2.45, 2.75) is 13.3 Å². The molecule has 0 atom stereocenters. The highest BCUT2D eigenvalue weighted by molar-refractivity contribution is 9.10. The van der Waals surface area contributed by atoms with Crippen molar-refractivity contribution in [1.29, 1.82) is 0 Å². The van der Waals surface area contributed by atoms with Gasteiger partial charge in [0.1, 0.15) is 5.69 Å². The Morgan fingerprint density at radius 2 is 2.36 bits per heavy atom. The molecule has 1 aromatic rings. The fourth-order valence-electron chi connectivity index (χ4n) is 0.815. The number of carbonyl (C=O) groups is 1. The molecule has 3 heteroatoms. The van der Waals surface area contributed by atoms with Gasteiger partial charge in [0, 0.05) is 4.47 Å². The third kappa shape index (κ3) is 1.87. The van der Waals surface area contributed by atoms with E-state index in [2.05, 4.69) is 20.9 Å². The molecule has 0 amide bonds. The summed E-state index contributed by atoms with van der Waals surface area (Å²) in [4.78, 5) is 14.4. The number of halogens is 1.